The molecule has 0 saturated carbocycles. The van der Waals surface area contributed by atoms with Gasteiger partial charge in [-0.05, 0) is 81.4 Å². The average Bonchev–Trinajstić information content (AvgIpc) is 2.63. The summed E-state index contributed by atoms with van der Waals surface area (Å²) in [4.78, 5) is 2.58. The van der Waals surface area contributed by atoms with Crippen molar-refractivity contribution in [1.29, 1.82) is 0 Å². The Bertz CT molecular complexity index is 462. The summed E-state index contributed by atoms with van der Waals surface area (Å²) in [6, 6.07) is 8.94. The molecule has 2 aliphatic rings. The largest absolute Gasteiger partial charge is 0.497 e. The topological polar surface area (TPSA) is 50.5 Å². The highest BCUT2D eigenvalue weighted by molar-refractivity contribution is 5.29. The number of likely N-dealkylation sites (tertiary alicyclic amines) is 1. The Balaban J connectivity index is 1.45. The van der Waals surface area contributed by atoms with Crippen LogP contribution in [0.2, 0.25) is 0 Å². The van der Waals surface area contributed by atoms with E-state index in [0.29, 0.717) is 17.9 Å². The Morgan fingerprint density at radius 2 is 1.78 bits per heavy atom. The Morgan fingerprint density at radius 1 is 1.13 bits per heavy atom. The van der Waals surface area contributed by atoms with Crippen LogP contribution in [0.15, 0.2) is 24.3 Å². The molecule has 2 aliphatic heterocycles. The van der Waals surface area contributed by atoms with Gasteiger partial charge in [-0.3, -0.25) is 0 Å². The SMILES string of the molecule is COc1ccc(C2CCN(CC(N)C3CCNCC3)CC2)cc1. The lowest BCUT2D eigenvalue weighted by atomic mass is 9.87. The van der Waals surface area contributed by atoms with Gasteiger partial charge in [-0.25, -0.2) is 0 Å². The third-order valence-corrected chi connectivity index (χ3v) is 5.63. The summed E-state index contributed by atoms with van der Waals surface area (Å²) >= 11 is 0. The molecule has 0 amide bonds. The summed E-state index contributed by atoms with van der Waals surface area (Å²) in [5.41, 5.74) is 7.93. The second kappa shape index (κ2) is 8.13. The van der Waals surface area contributed by atoms with E-state index in [1.807, 2.05) is 0 Å². The number of rotatable bonds is 5. The fourth-order valence-electron chi connectivity index (χ4n) is 4.04. The summed E-state index contributed by atoms with van der Waals surface area (Å²) in [6.07, 6.45) is 4.96. The van der Waals surface area contributed by atoms with Crippen LogP contribution in [0.1, 0.15) is 37.2 Å². The molecule has 3 rings (SSSR count). The zero-order valence-corrected chi connectivity index (χ0v) is 14.3. The molecule has 3 N–H and O–H groups in total. The van der Waals surface area contributed by atoms with Crippen molar-refractivity contribution in [3.05, 3.63) is 29.8 Å². The average molecular weight is 317 g/mol. The van der Waals surface area contributed by atoms with Crippen LogP contribution in [0.5, 0.6) is 5.75 Å². The van der Waals surface area contributed by atoms with E-state index in [2.05, 4.69) is 34.5 Å². The molecule has 2 saturated heterocycles. The van der Waals surface area contributed by atoms with Crippen LogP contribution in [0.25, 0.3) is 0 Å². The number of nitrogens with zero attached hydrogens (tertiary/aromatic N) is 1. The van der Waals surface area contributed by atoms with Gasteiger partial charge in [0.2, 0.25) is 0 Å². The van der Waals surface area contributed by atoms with Crippen LogP contribution >= 0.6 is 0 Å². The normalized spacial score (nSPS) is 22.9. The maximum atomic E-state index is 6.47. The fraction of sp³-hybridized carbons (Fsp3) is 0.684. The highest BCUT2D eigenvalue weighted by Gasteiger charge is 2.25. The molecular formula is C19H31N3O. The first-order valence-corrected chi connectivity index (χ1v) is 9.09. The monoisotopic (exact) mass is 317 g/mol. The number of methoxy groups -OCH3 is 1. The molecule has 23 heavy (non-hydrogen) atoms. The van der Waals surface area contributed by atoms with Gasteiger partial charge in [0.1, 0.15) is 5.75 Å². The van der Waals surface area contributed by atoms with Crippen molar-refractivity contribution < 1.29 is 4.74 Å². The molecule has 0 spiro atoms. The van der Waals surface area contributed by atoms with Crippen LogP contribution in [-0.2, 0) is 0 Å². The maximum absolute atomic E-state index is 6.47. The van der Waals surface area contributed by atoms with E-state index in [-0.39, 0.29) is 0 Å². The standard InChI is InChI=1S/C19H31N3O/c1-23-18-4-2-15(3-5-18)16-8-12-22(13-9-16)14-19(20)17-6-10-21-11-7-17/h2-5,16-17,19,21H,6-14,20H2,1H3. The third-order valence-electron chi connectivity index (χ3n) is 5.63. The van der Waals surface area contributed by atoms with Crippen molar-refractivity contribution in [2.75, 3.05) is 39.8 Å². The van der Waals surface area contributed by atoms with Gasteiger partial charge in [-0.15, -0.1) is 0 Å². The predicted molar refractivity (Wildman–Crippen MR) is 95.0 cm³/mol. The van der Waals surface area contributed by atoms with Crippen molar-refractivity contribution in [3.63, 3.8) is 0 Å². The summed E-state index contributed by atoms with van der Waals surface area (Å²) in [5, 5.41) is 3.43. The van der Waals surface area contributed by atoms with Gasteiger partial charge in [0, 0.05) is 12.6 Å². The molecule has 2 fully saturated rings. The molecule has 2 heterocycles. The zero-order chi connectivity index (χ0) is 16.1. The Hall–Kier alpha value is -1.10. The van der Waals surface area contributed by atoms with Crippen molar-refractivity contribution >= 4 is 0 Å². The fourth-order valence-corrected chi connectivity index (χ4v) is 4.04. The molecule has 1 atom stereocenters. The minimum Gasteiger partial charge on any atom is -0.497 e. The molecule has 128 valence electrons. The van der Waals surface area contributed by atoms with Crippen molar-refractivity contribution in [3.8, 4) is 5.75 Å². The van der Waals surface area contributed by atoms with Gasteiger partial charge in [-0.2, -0.15) is 0 Å². The number of nitrogens with one attached hydrogen (secondary N) is 1. The summed E-state index contributed by atoms with van der Waals surface area (Å²) in [6.45, 7) is 5.69. The Kier molecular flexibility index (Phi) is 5.92. The molecule has 1 aromatic carbocycles. The molecule has 4 heteroatoms. The third kappa shape index (κ3) is 4.46. The van der Waals surface area contributed by atoms with Gasteiger partial charge < -0.3 is 20.7 Å². The van der Waals surface area contributed by atoms with Crippen LogP contribution in [0.3, 0.4) is 0 Å². The lowest BCUT2D eigenvalue weighted by molar-refractivity contribution is 0.174. The molecule has 4 nitrogen and oxygen atoms in total. The van der Waals surface area contributed by atoms with Crippen LogP contribution in [0, 0.1) is 5.92 Å². The first-order chi connectivity index (χ1) is 11.3. The van der Waals surface area contributed by atoms with Gasteiger partial charge in [0.05, 0.1) is 7.11 Å². The maximum Gasteiger partial charge on any atom is 0.118 e. The highest BCUT2D eigenvalue weighted by atomic mass is 16.5. The number of ether oxygens (including phenoxy) is 1. The Labute approximate surface area is 140 Å². The van der Waals surface area contributed by atoms with E-state index in [1.54, 1.807) is 7.11 Å². The molecule has 1 aromatic rings. The van der Waals surface area contributed by atoms with E-state index in [9.17, 15) is 0 Å². The molecule has 0 bridgehead atoms. The van der Waals surface area contributed by atoms with Crippen LogP contribution in [0.4, 0.5) is 0 Å². The molecule has 1 unspecified atom stereocenters. The van der Waals surface area contributed by atoms with Gasteiger partial charge >= 0.3 is 0 Å². The van der Waals surface area contributed by atoms with Gasteiger partial charge in [0.25, 0.3) is 0 Å². The van der Waals surface area contributed by atoms with Crippen LogP contribution < -0.4 is 15.8 Å². The second-order valence-electron chi connectivity index (χ2n) is 7.10. The number of piperidine rings is 2. The van der Waals surface area contributed by atoms with Crippen molar-refractivity contribution in [2.45, 2.75) is 37.6 Å². The van der Waals surface area contributed by atoms with Crippen molar-refractivity contribution in [1.82, 2.24) is 10.2 Å². The molecule has 0 aromatic heterocycles. The zero-order valence-electron chi connectivity index (χ0n) is 14.3. The first-order valence-electron chi connectivity index (χ1n) is 9.09. The van der Waals surface area contributed by atoms with E-state index in [0.717, 1.165) is 25.4 Å². The predicted octanol–water partition coefficient (Wildman–Crippen LogP) is 2.20. The number of benzene rings is 1. The summed E-state index contributed by atoms with van der Waals surface area (Å²) in [7, 11) is 1.72. The Morgan fingerprint density at radius 3 is 2.39 bits per heavy atom. The lowest BCUT2D eigenvalue weighted by Gasteiger charge is -2.36. The minimum absolute atomic E-state index is 0.342. The number of hydrogen-bond donors (Lipinski definition) is 2. The van der Waals surface area contributed by atoms with Crippen molar-refractivity contribution in [2.24, 2.45) is 11.7 Å². The van der Waals surface area contributed by atoms with Crippen LogP contribution in [-0.4, -0.2) is 50.8 Å². The summed E-state index contributed by atoms with van der Waals surface area (Å²) in [5.74, 6) is 2.34. The summed E-state index contributed by atoms with van der Waals surface area (Å²) < 4.78 is 5.25. The van der Waals surface area contributed by atoms with E-state index in [1.165, 1.54) is 44.3 Å². The molecule has 0 radical (unpaired) electrons. The number of nitrogens with two attached hydrogens (primary N) is 1. The van der Waals surface area contributed by atoms with Gasteiger partial charge in [-0.1, -0.05) is 12.1 Å². The molecule has 0 aliphatic carbocycles. The number of hydrogen-bond acceptors (Lipinski definition) is 4. The first kappa shape index (κ1) is 16.7. The smallest absolute Gasteiger partial charge is 0.118 e. The van der Waals surface area contributed by atoms with E-state index >= 15 is 0 Å². The quantitative estimate of drug-likeness (QED) is 0.874. The van der Waals surface area contributed by atoms with E-state index < -0.39 is 0 Å². The van der Waals surface area contributed by atoms with E-state index in [4.69, 9.17) is 10.5 Å². The minimum atomic E-state index is 0.342. The van der Waals surface area contributed by atoms with Gasteiger partial charge in [0.15, 0.2) is 0 Å². The molecular weight excluding hydrogens is 286 g/mol. The second-order valence-corrected chi connectivity index (χ2v) is 7.10. The lowest BCUT2D eigenvalue weighted by Crippen LogP contribution is -2.47. The highest BCUT2D eigenvalue weighted by Crippen LogP contribution is 2.29.